The van der Waals surface area contributed by atoms with E-state index in [0.29, 0.717) is 11.6 Å². The van der Waals surface area contributed by atoms with Crippen molar-refractivity contribution in [2.75, 3.05) is 32.0 Å². The average Bonchev–Trinajstić information content (AvgIpc) is 2.72. The molecule has 5 heteroatoms. The lowest BCUT2D eigenvalue weighted by atomic mass is 10.1. The Morgan fingerprint density at radius 2 is 2.33 bits per heavy atom. The molecule has 1 atom stereocenters. The maximum Gasteiger partial charge on any atom is 0.292 e. The summed E-state index contributed by atoms with van der Waals surface area (Å²) in [6, 6.07) is 5.18. The Balaban J connectivity index is 2.04. The molecular formula is C13H19N3O2. The van der Waals surface area contributed by atoms with Gasteiger partial charge < -0.3 is 10.2 Å². The fraction of sp³-hybridized carbons (Fsp3) is 0.538. The van der Waals surface area contributed by atoms with Crippen molar-refractivity contribution in [3.8, 4) is 0 Å². The molecule has 0 aliphatic carbocycles. The summed E-state index contributed by atoms with van der Waals surface area (Å²) in [5.41, 5.74) is 1.83. The fourth-order valence-corrected chi connectivity index (χ4v) is 2.40. The summed E-state index contributed by atoms with van der Waals surface area (Å²) in [5.74, 6) is 0.579. The summed E-state index contributed by atoms with van der Waals surface area (Å²) in [6.07, 6.45) is 1.16. The Kier molecular flexibility index (Phi) is 3.81. The lowest BCUT2D eigenvalue weighted by molar-refractivity contribution is -0.384. The predicted octanol–water partition coefficient (Wildman–Crippen LogP) is 2.27. The van der Waals surface area contributed by atoms with Gasteiger partial charge in [0.25, 0.3) is 5.69 Å². The van der Waals surface area contributed by atoms with E-state index in [2.05, 4.69) is 17.3 Å². The Morgan fingerprint density at radius 3 is 2.94 bits per heavy atom. The van der Waals surface area contributed by atoms with Gasteiger partial charge in [0.15, 0.2) is 0 Å². The minimum absolute atomic E-state index is 0.159. The summed E-state index contributed by atoms with van der Waals surface area (Å²) >= 11 is 0. The number of nitrogens with zero attached hydrogens (tertiary/aromatic N) is 2. The monoisotopic (exact) mass is 249 g/mol. The molecule has 0 radical (unpaired) electrons. The first-order chi connectivity index (χ1) is 8.56. The second kappa shape index (κ2) is 5.35. The van der Waals surface area contributed by atoms with Gasteiger partial charge in [-0.2, -0.15) is 0 Å². The van der Waals surface area contributed by atoms with Gasteiger partial charge in [-0.05, 0) is 44.5 Å². The smallest absolute Gasteiger partial charge is 0.292 e. The third kappa shape index (κ3) is 2.98. The van der Waals surface area contributed by atoms with E-state index in [9.17, 15) is 10.1 Å². The van der Waals surface area contributed by atoms with Crippen LogP contribution in [-0.2, 0) is 0 Å². The van der Waals surface area contributed by atoms with Crippen LogP contribution in [-0.4, -0.2) is 36.5 Å². The van der Waals surface area contributed by atoms with Crippen LogP contribution in [0.1, 0.15) is 12.0 Å². The number of nitro benzene ring substituents is 1. The molecule has 1 saturated heterocycles. The first-order valence-electron chi connectivity index (χ1n) is 6.23. The van der Waals surface area contributed by atoms with E-state index in [4.69, 9.17) is 0 Å². The number of nitro groups is 1. The van der Waals surface area contributed by atoms with Gasteiger partial charge in [-0.15, -0.1) is 0 Å². The topological polar surface area (TPSA) is 58.4 Å². The minimum Gasteiger partial charge on any atom is -0.379 e. The van der Waals surface area contributed by atoms with E-state index < -0.39 is 0 Å². The molecule has 18 heavy (non-hydrogen) atoms. The maximum atomic E-state index is 10.9. The molecule has 5 nitrogen and oxygen atoms in total. The molecule has 0 aromatic heterocycles. The van der Waals surface area contributed by atoms with Gasteiger partial charge in [0, 0.05) is 19.2 Å². The number of nitrogens with one attached hydrogen (secondary N) is 1. The molecule has 0 spiro atoms. The molecule has 1 aliphatic heterocycles. The Hall–Kier alpha value is -1.62. The van der Waals surface area contributed by atoms with Crippen molar-refractivity contribution in [3.05, 3.63) is 33.9 Å². The van der Waals surface area contributed by atoms with Crippen molar-refractivity contribution in [3.63, 3.8) is 0 Å². The van der Waals surface area contributed by atoms with Crippen LogP contribution in [0.25, 0.3) is 0 Å². The molecule has 0 saturated carbocycles. The zero-order chi connectivity index (χ0) is 13.1. The first kappa shape index (κ1) is 12.8. The fourth-order valence-electron chi connectivity index (χ4n) is 2.40. The average molecular weight is 249 g/mol. The van der Waals surface area contributed by atoms with E-state index in [1.165, 1.54) is 0 Å². The molecule has 1 heterocycles. The molecule has 0 bridgehead atoms. The zero-order valence-corrected chi connectivity index (χ0v) is 10.8. The summed E-state index contributed by atoms with van der Waals surface area (Å²) in [4.78, 5) is 12.9. The Bertz CT molecular complexity index is 448. The van der Waals surface area contributed by atoms with Crippen LogP contribution in [0.4, 0.5) is 11.4 Å². The molecule has 2 rings (SSSR count). The van der Waals surface area contributed by atoms with Crippen LogP contribution in [0, 0.1) is 23.0 Å². The standard InChI is InChI=1S/C13H19N3O2/c1-10-3-4-13(16(17)18)12(7-10)14-8-11-5-6-15(2)9-11/h3-4,7,11,14H,5-6,8-9H2,1-2H3. The molecule has 1 N–H and O–H groups in total. The van der Waals surface area contributed by atoms with Crippen molar-refractivity contribution in [2.24, 2.45) is 5.92 Å². The van der Waals surface area contributed by atoms with Gasteiger partial charge in [-0.3, -0.25) is 10.1 Å². The van der Waals surface area contributed by atoms with Crippen LogP contribution < -0.4 is 5.32 Å². The van der Waals surface area contributed by atoms with Gasteiger partial charge in [-0.1, -0.05) is 6.07 Å². The molecule has 1 unspecified atom stereocenters. The van der Waals surface area contributed by atoms with Crippen LogP contribution >= 0.6 is 0 Å². The van der Waals surface area contributed by atoms with Crippen LogP contribution in [0.15, 0.2) is 18.2 Å². The van der Waals surface area contributed by atoms with Crippen molar-refractivity contribution >= 4 is 11.4 Å². The summed E-state index contributed by atoms with van der Waals surface area (Å²) in [6.45, 7) is 4.92. The number of aryl methyl sites for hydroxylation is 1. The van der Waals surface area contributed by atoms with Gasteiger partial charge in [-0.25, -0.2) is 0 Å². The number of likely N-dealkylation sites (tertiary alicyclic amines) is 1. The van der Waals surface area contributed by atoms with Gasteiger partial charge in [0.2, 0.25) is 0 Å². The second-order valence-corrected chi connectivity index (χ2v) is 5.08. The van der Waals surface area contributed by atoms with E-state index in [-0.39, 0.29) is 10.6 Å². The zero-order valence-electron chi connectivity index (χ0n) is 10.8. The highest BCUT2D eigenvalue weighted by Crippen LogP contribution is 2.26. The lowest BCUT2D eigenvalue weighted by Crippen LogP contribution is -2.19. The second-order valence-electron chi connectivity index (χ2n) is 5.08. The van der Waals surface area contributed by atoms with Gasteiger partial charge in [0.1, 0.15) is 5.69 Å². The minimum atomic E-state index is -0.331. The maximum absolute atomic E-state index is 10.9. The predicted molar refractivity (Wildman–Crippen MR) is 71.9 cm³/mol. The van der Waals surface area contributed by atoms with Crippen molar-refractivity contribution < 1.29 is 4.92 Å². The quantitative estimate of drug-likeness (QED) is 0.657. The van der Waals surface area contributed by atoms with Crippen molar-refractivity contribution in [1.82, 2.24) is 4.90 Å². The highest BCUT2D eigenvalue weighted by molar-refractivity contribution is 5.62. The summed E-state index contributed by atoms with van der Waals surface area (Å²) in [5, 5.41) is 14.2. The molecule has 98 valence electrons. The van der Waals surface area contributed by atoms with E-state index in [1.807, 2.05) is 13.0 Å². The largest absolute Gasteiger partial charge is 0.379 e. The number of anilines is 1. The number of benzene rings is 1. The molecule has 0 amide bonds. The molecule has 1 fully saturated rings. The third-order valence-corrected chi connectivity index (χ3v) is 3.42. The summed E-state index contributed by atoms with van der Waals surface area (Å²) in [7, 11) is 2.11. The van der Waals surface area contributed by atoms with Gasteiger partial charge >= 0.3 is 0 Å². The van der Waals surface area contributed by atoms with Gasteiger partial charge in [0.05, 0.1) is 4.92 Å². The summed E-state index contributed by atoms with van der Waals surface area (Å²) < 4.78 is 0. The van der Waals surface area contributed by atoms with Crippen molar-refractivity contribution in [2.45, 2.75) is 13.3 Å². The molecule has 1 aromatic carbocycles. The molecular weight excluding hydrogens is 230 g/mol. The van der Waals surface area contributed by atoms with Crippen LogP contribution in [0.3, 0.4) is 0 Å². The van der Waals surface area contributed by atoms with Crippen LogP contribution in [0.5, 0.6) is 0 Å². The SMILES string of the molecule is Cc1ccc([N+](=O)[O-])c(NCC2CCN(C)C2)c1. The van der Waals surface area contributed by atoms with E-state index >= 15 is 0 Å². The van der Waals surface area contributed by atoms with E-state index in [0.717, 1.165) is 31.6 Å². The number of hydrogen-bond donors (Lipinski definition) is 1. The molecule has 1 aromatic rings. The Labute approximate surface area is 107 Å². The highest BCUT2D eigenvalue weighted by Gasteiger charge is 2.20. The number of rotatable bonds is 4. The third-order valence-electron chi connectivity index (χ3n) is 3.42. The Morgan fingerprint density at radius 1 is 1.56 bits per heavy atom. The van der Waals surface area contributed by atoms with E-state index in [1.54, 1.807) is 12.1 Å². The number of hydrogen-bond acceptors (Lipinski definition) is 4. The lowest BCUT2D eigenvalue weighted by Gasteiger charge is -2.13. The normalized spacial score (nSPS) is 20.0. The highest BCUT2D eigenvalue weighted by atomic mass is 16.6. The first-order valence-corrected chi connectivity index (χ1v) is 6.23. The van der Waals surface area contributed by atoms with Crippen LogP contribution in [0.2, 0.25) is 0 Å². The molecule has 1 aliphatic rings. The van der Waals surface area contributed by atoms with Crippen molar-refractivity contribution in [1.29, 1.82) is 0 Å².